The largest absolute Gasteiger partial charge is 0.342 e. The lowest BCUT2D eigenvalue weighted by molar-refractivity contribution is -0.134. The number of nitrogens with zero attached hydrogens (tertiary/aromatic N) is 1. The standard InChI is InChI=1S/C14H26N2O/c1-11(2)12-4-7-16(9-12)13(17)8-14(10-15)5-3-6-14/h11-12H,3-10,15H2,1-2H3. The Labute approximate surface area is 105 Å². The summed E-state index contributed by atoms with van der Waals surface area (Å²) >= 11 is 0. The average Bonchev–Trinajstić information content (AvgIpc) is 2.72. The molecule has 1 saturated heterocycles. The second-order valence-corrected chi connectivity index (χ2v) is 6.37. The molecule has 1 atom stereocenters. The third kappa shape index (κ3) is 2.65. The molecular weight excluding hydrogens is 212 g/mol. The van der Waals surface area contributed by atoms with Gasteiger partial charge in [-0.05, 0) is 43.1 Å². The first kappa shape index (κ1) is 12.9. The van der Waals surface area contributed by atoms with Crippen molar-refractivity contribution in [2.75, 3.05) is 19.6 Å². The Hall–Kier alpha value is -0.570. The average molecular weight is 238 g/mol. The highest BCUT2D eigenvalue weighted by molar-refractivity contribution is 5.77. The van der Waals surface area contributed by atoms with Gasteiger partial charge in [0.25, 0.3) is 0 Å². The summed E-state index contributed by atoms with van der Waals surface area (Å²) < 4.78 is 0. The van der Waals surface area contributed by atoms with Crippen molar-refractivity contribution in [3.63, 3.8) is 0 Å². The lowest BCUT2D eigenvalue weighted by atomic mass is 9.66. The van der Waals surface area contributed by atoms with E-state index in [2.05, 4.69) is 18.7 Å². The van der Waals surface area contributed by atoms with Crippen LogP contribution in [0.25, 0.3) is 0 Å². The number of nitrogens with two attached hydrogens (primary N) is 1. The third-order valence-electron chi connectivity index (χ3n) is 4.89. The Bertz CT molecular complexity index is 278. The van der Waals surface area contributed by atoms with E-state index < -0.39 is 0 Å². The molecule has 0 aromatic heterocycles. The normalized spacial score (nSPS) is 27.3. The van der Waals surface area contributed by atoms with E-state index >= 15 is 0 Å². The van der Waals surface area contributed by atoms with Gasteiger partial charge in [0, 0.05) is 19.5 Å². The summed E-state index contributed by atoms with van der Waals surface area (Å²) in [7, 11) is 0. The molecule has 0 radical (unpaired) electrons. The Morgan fingerprint density at radius 3 is 2.59 bits per heavy atom. The van der Waals surface area contributed by atoms with Crippen molar-refractivity contribution >= 4 is 5.91 Å². The predicted octanol–water partition coefficient (Wildman–Crippen LogP) is 2.01. The Morgan fingerprint density at radius 2 is 2.18 bits per heavy atom. The van der Waals surface area contributed by atoms with Gasteiger partial charge in [0.15, 0.2) is 0 Å². The van der Waals surface area contributed by atoms with Gasteiger partial charge in [0.2, 0.25) is 5.91 Å². The van der Waals surface area contributed by atoms with Crippen molar-refractivity contribution in [3.05, 3.63) is 0 Å². The first-order valence-corrected chi connectivity index (χ1v) is 7.04. The van der Waals surface area contributed by atoms with Crippen molar-refractivity contribution in [1.82, 2.24) is 4.90 Å². The second kappa shape index (κ2) is 4.97. The van der Waals surface area contributed by atoms with Crippen molar-refractivity contribution in [2.45, 2.75) is 46.0 Å². The van der Waals surface area contributed by atoms with Crippen LogP contribution in [0.1, 0.15) is 46.0 Å². The van der Waals surface area contributed by atoms with Crippen LogP contribution < -0.4 is 5.73 Å². The first-order chi connectivity index (χ1) is 8.06. The molecule has 1 amide bonds. The highest BCUT2D eigenvalue weighted by atomic mass is 16.2. The summed E-state index contributed by atoms with van der Waals surface area (Å²) in [4.78, 5) is 14.3. The zero-order chi connectivity index (χ0) is 12.5. The molecule has 3 nitrogen and oxygen atoms in total. The minimum absolute atomic E-state index is 0.160. The number of carbonyl (C=O) groups is 1. The fraction of sp³-hybridized carbons (Fsp3) is 0.929. The molecule has 1 aliphatic heterocycles. The van der Waals surface area contributed by atoms with Crippen LogP contribution in [0.15, 0.2) is 0 Å². The first-order valence-electron chi connectivity index (χ1n) is 7.04. The molecule has 2 rings (SSSR count). The molecule has 3 heteroatoms. The van der Waals surface area contributed by atoms with Gasteiger partial charge < -0.3 is 10.6 Å². The van der Waals surface area contributed by atoms with Crippen LogP contribution in [0.3, 0.4) is 0 Å². The van der Waals surface area contributed by atoms with Gasteiger partial charge in [0.1, 0.15) is 0 Å². The molecule has 0 aromatic carbocycles. The van der Waals surface area contributed by atoms with Gasteiger partial charge in [-0.25, -0.2) is 0 Å². The van der Waals surface area contributed by atoms with Crippen molar-refractivity contribution < 1.29 is 4.79 Å². The van der Waals surface area contributed by atoms with Gasteiger partial charge in [-0.3, -0.25) is 4.79 Å². The van der Waals surface area contributed by atoms with Crippen LogP contribution in [-0.4, -0.2) is 30.4 Å². The summed E-state index contributed by atoms with van der Waals surface area (Å²) in [5.41, 5.74) is 5.98. The van der Waals surface area contributed by atoms with Crippen LogP contribution in [0.5, 0.6) is 0 Å². The Kier molecular flexibility index (Phi) is 3.76. The minimum atomic E-state index is 0.160. The van der Waals surface area contributed by atoms with E-state index in [0.717, 1.165) is 25.9 Å². The second-order valence-electron chi connectivity index (χ2n) is 6.37. The van der Waals surface area contributed by atoms with Crippen LogP contribution in [0, 0.1) is 17.3 Å². The zero-order valence-electron chi connectivity index (χ0n) is 11.2. The maximum Gasteiger partial charge on any atom is 0.223 e. The molecule has 98 valence electrons. The van der Waals surface area contributed by atoms with E-state index in [1.807, 2.05) is 0 Å². The molecule has 1 saturated carbocycles. The van der Waals surface area contributed by atoms with E-state index in [1.54, 1.807) is 0 Å². The number of amides is 1. The van der Waals surface area contributed by atoms with Crippen LogP contribution in [0.2, 0.25) is 0 Å². The highest BCUT2D eigenvalue weighted by Crippen LogP contribution is 2.43. The van der Waals surface area contributed by atoms with Crippen molar-refractivity contribution in [1.29, 1.82) is 0 Å². The topological polar surface area (TPSA) is 46.3 Å². The van der Waals surface area contributed by atoms with Gasteiger partial charge in [-0.15, -0.1) is 0 Å². The molecule has 2 N–H and O–H groups in total. The monoisotopic (exact) mass is 238 g/mol. The van der Waals surface area contributed by atoms with E-state index in [4.69, 9.17) is 5.73 Å². The lowest BCUT2D eigenvalue weighted by Gasteiger charge is -2.41. The van der Waals surface area contributed by atoms with Gasteiger partial charge in [-0.2, -0.15) is 0 Å². The SMILES string of the molecule is CC(C)C1CCN(C(=O)CC2(CN)CCC2)C1. The van der Waals surface area contributed by atoms with Gasteiger partial charge in [-0.1, -0.05) is 20.3 Å². The molecule has 1 unspecified atom stereocenters. The Balaban J connectivity index is 1.85. The summed E-state index contributed by atoms with van der Waals surface area (Å²) in [6.45, 7) is 7.12. The van der Waals surface area contributed by atoms with E-state index in [-0.39, 0.29) is 5.41 Å². The molecular formula is C14H26N2O. The molecule has 1 heterocycles. The molecule has 2 fully saturated rings. The maximum atomic E-state index is 12.3. The Morgan fingerprint density at radius 1 is 1.47 bits per heavy atom. The lowest BCUT2D eigenvalue weighted by Crippen LogP contribution is -2.42. The molecule has 17 heavy (non-hydrogen) atoms. The maximum absolute atomic E-state index is 12.3. The molecule has 0 spiro atoms. The fourth-order valence-corrected chi connectivity index (χ4v) is 3.12. The number of carbonyl (C=O) groups excluding carboxylic acids is 1. The third-order valence-corrected chi connectivity index (χ3v) is 4.89. The van der Waals surface area contributed by atoms with E-state index in [0.29, 0.717) is 30.7 Å². The van der Waals surface area contributed by atoms with Gasteiger partial charge >= 0.3 is 0 Å². The minimum Gasteiger partial charge on any atom is -0.342 e. The quantitative estimate of drug-likeness (QED) is 0.814. The van der Waals surface area contributed by atoms with Crippen molar-refractivity contribution in [2.24, 2.45) is 23.0 Å². The fourth-order valence-electron chi connectivity index (χ4n) is 3.12. The van der Waals surface area contributed by atoms with E-state index in [1.165, 1.54) is 12.8 Å². The number of hydrogen-bond donors (Lipinski definition) is 1. The van der Waals surface area contributed by atoms with Crippen molar-refractivity contribution in [3.8, 4) is 0 Å². The van der Waals surface area contributed by atoms with Crippen LogP contribution in [0.4, 0.5) is 0 Å². The van der Waals surface area contributed by atoms with Crippen LogP contribution in [-0.2, 0) is 4.79 Å². The molecule has 2 aliphatic rings. The van der Waals surface area contributed by atoms with Gasteiger partial charge in [0.05, 0.1) is 0 Å². The molecule has 0 bridgehead atoms. The summed E-state index contributed by atoms with van der Waals surface area (Å²) in [6, 6.07) is 0. The predicted molar refractivity (Wildman–Crippen MR) is 69.5 cm³/mol. The smallest absolute Gasteiger partial charge is 0.223 e. The number of rotatable bonds is 4. The van der Waals surface area contributed by atoms with Crippen LogP contribution >= 0.6 is 0 Å². The number of likely N-dealkylation sites (tertiary alicyclic amines) is 1. The van der Waals surface area contributed by atoms with E-state index in [9.17, 15) is 4.79 Å². The molecule has 1 aliphatic carbocycles. The molecule has 0 aromatic rings. The summed E-state index contributed by atoms with van der Waals surface area (Å²) in [5, 5.41) is 0. The highest BCUT2D eigenvalue weighted by Gasteiger charge is 2.39. The zero-order valence-corrected chi connectivity index (χ0v) is 11.2. The number of hydrogen-bond acceptors (Lipinski definition) is 2. The summed E-state index contributed by atoms with van der Waals surface area (Å²) in [5.74, 6) is 1.74. The summed E-state index contributed by atoms with van der Waals surface area (Å²) in [6.07, 6.45) is 5.42.